The van der Waals surface area contributed by atoms with Crippen LogP contribution in [0.25, 0.3) is 0 Å². The average molecular weight is 702 g/mol. The van der Waals surface area contributed by atoms with E-state index in [9.17, 15) is 19.2 Å². The summed E-state index contributed by atoms with van der Waals surface area (Å²) in [7, 11) is 4.07. The SMILES string of the molecule is COC(=O)C1=C(CC(=O)N2CCN(CC(=O)NC(C)C)CC2)N=C(CCc2ccccc2OC)C(C(=O)OC)C1c1c(Cl)cccc1Cl. The number of ether oxygens (including phenoxy) is 3. The molecule has 0 aromatic heterocycles. The summed E-state index contributed by atoms with van der Waals surface area (Å²) in [6.07, 6.45) is 0.491. The van der Waals surface area contributed by atoms with Gasteiger partial charge in [0.15, 0.2) is 0 Å². The fraction of sp³-hybridized carbons (Fsp3) is 0.457. The number of piperazine rings is 1. The highest BCUT2D eigenvalue weighted by Crippen LogP contribution is 2.46. The van der Waals surface area contributed by atoms with Gasteiger partial charge in [0.2, 0.25) is 11.8 Å². The van der Waals surface area contributed by atoms with Crippen LogP contribution in [0.15, 0.2) is 58.7 Å². The molecule has 2 atom stereocenters. The van der Waals surface area contributed by atoms with E-state index in [1.807, 2.05) is 43.0 Å². The molecule has 2 heterocycles. The van der Waals surface area contributed by atoms with Crippen molar-refractivity contribution in [3.63, 3.8) is 0 Å². The van der Waals surface area contributed by atoms with Gasteiger partial charge in [-0.25, -0.2) is 4.79 Å². The summed E-state index contributed by atoms with van der Waals surface area (Å²) in [5, 5.41) is 3.35. The maximum atomic E-state index is 13.8. The van der Waals surface area contributed by atoms with E-state index in [0.717, 1.165) is 5.56 Å². The Balaban J connectivity index is 1.74. The molecule has 2 aliphatic heterocycles. The molecule has 1 N–H and O–H groups in total. The highest BCUT2D eigenvalue weighted by molar-refractivity contribution is 6.36. The molecule has 0 bridgehead atoms. The molecule has 2 aromatic rings. The number of nitrogens with zero attached hydrogens (tertiary/aromatic N) is 3. The second-order valence-corrected chi connectivity index (χ2v) is 12.8. The summed E-state index contributed by atoms with van der Waals surface area (Å²) in [5.74, 6) is -3.19. The number of esters is 2. The minimum atomic E-state index is -1.09. The Morgan fingerprint density at radius 1 is 0.917 bits per heavy atom. The van der Waals surface area contributed by atoms with E-state index >= 15 is 0 Å². The van der Waals surface area contributed by atoms with Gasteiger partial charge in [0, 0.05) is 53.9 Å². The highest BCUT2D eigenvalue weighted by Gasteiger charge is 2.46. The van der Waals surface area contributed by atoms with E-state index in [-0.39, 0.29) is 58.6 Å². The van der Waals surface area contributed by atoms with Crippen molar-refractivity contribution in [3.8, 4) is 5.75 Å². The van der Waals surface area contributed by atoms with Gasteiger partial charge in [0.05, 0.1) is 45.6 Å². The largest absolute Gasteiger partial charge is 0.496 e. The van der Waals surface area contributed by atoms with Crippen LogP contribution in [0.4, 0.5) is 0 Å². The molecule has 1 fully saturated rings. The average Bonchev–Trinajstić information content (AvgIpc) is 3.06. The van der Waals surface area contributed by atoms with Crippen molar-refractivity contribution in [2.45, 2.75) is 45.1 Å². The predicted octanol–water partition coefficient (Wildman–Crippen LogP) is 4.45. The Kier molecular flexibility index (Phi) is 13.0. The van der Waals surface area contributed by atoms with Crippen molar-refractivity contribution in [1.29, 1.82) is 0 Å². The van der Waals surface area contributed by atoms with Gasteiger partial charge >= 0.3 is 11.9 Å². The van der Waals surface area contributed by atoms with Gasteiger partial charge in [0.25, 0.3) is 0 Å². The molecule has 0 aliphatic carbocycles. The molecule has 2 amide bonds. The first-order chi connectivity index (χ1) is 23.0. The van der Waals surface area contributed by atoms with Crippen LogP contribution in [0.1, 0.15) is 43.7 Å². The van der Waals surface area contributed by atoms with Crippen molar-refractivity contribution in [2.75, 3.05) is 54.1 Å². The van der Waals surface area contributed by atoms with Crippen LogP contribution in [0.2, 0.25) is 10.0 Å². The van der Waals surface area contributed by atoms with Gasteiger partial charge in [-0.15, -0.1) is 0 Å². The molecule has 4 rings (SSSR count). The predicted molar refractivity (Wildman–Crippen MR) is 183 cm³/mol. The van der Waals surface area contributed by atoms with Gasteiger partial charge in [-0.2, -0.15) is 0 Å². The van der Waals surface area contributed by atoms with Gasteiger partial charge in [-0.3, -0.25) is 24.3 Å². The minimum Gasteiger partial charge on any atom is -0.496 e. The highest BCUT2D eigenvalue weighted by atomic mass is 35.5. The number of hydrogen-bond acceptors (Lipinski definition) is 9. The van der Waals surface area contributed by atoms with Crippen LogP contribution in [0.3, 0.4) is 0 Å². The van der Waals surface area contributed by atoms with Crippen molar-refractivity contribution < 1.29 is 33.4 Å². The first-order valence-electron chi connectivity index (χ1n) is 15.8. The quantitative estimate of drug-likeness (QED) is 0.322. The Morgan fingerprint density at radius 3 is 2.19 bits per heavy atom. The fourth-order valence-electron chi connectivity index (χ4n) is 6.21. The van der Waals surface area contributed by atoms with E-state index in [1.54, 1.807) is 30.2 Å². The topological polar surface area (TPSA) is 127 Å². The second kappa shape index (κ2) is 16.9. The number of para-hydroxylation sites is 1. The van der Waals surface area contributed by atoms with Crippen molar-refractivity contribution in [1.82, 2.24) is 15.1 Å². The lowest BCUT2D eigenvalue weighted by atomic mass is 9.73. The first-order valence-corrected chi connectivity index (χ1v) is 16.6. The lowest BCUT2D eigenvalue weighted by Crippen LogP contribution is -2.51. The molecule has 258 valence electrons. The molecule has 2 unspecified atom stereocenters. The number of rotatable bonds is 12. The number of nitrogens with one attached hydrogen (secondary N) is 1. The van der Waals surface area contributed by atoms with Crippen LogP contribution >= 0.6 is 23.2 Å². The van der Waals surface area contributed by atoms with Crippen LogP contribution < -0.4 is 10.1 Å². The zero-order chi connectivity index (χ0) is 35.0. The number of methoxy groups -OCH3 is 3. The monoisotopic (exact) mass is 700 g/mol. The van der Waals surface area contributed by atoms with Crippen LogP contribution in [0.5, 0.6) is 5.75 Å². The lowest BCUT2D eigenvalue weighted by Gasteiger charge is -2.36. The number of halogens is 2. The van der Waals surface area contributed by atoms with Crippen LogP contribution in [-0.4, -0.2) is 99.4 Å². The Labute approximate surface area is 291 Å². The molecular weight excluding hydrogens is 659 g/mol. The molecule has 0 saturated carbocycles. The molecular formula is C35H42Cl2N4O7. The third-order valence-corrected chi connectivity index (χ3v) is 9.13. The molecule has 13 heteroatoms. The van der Waals surface area contributed by atoms with E-state index in [0.29, 0.717) is 49.6 Å². The summed E-state index contributed by atoms with van der Waals surface area (Å²) in [6, 6.07) is 12.5. The number of amides is 2. The summed E-state index contributed by atoms with van der Waals surface area (Å²) < 4.78 is 16.0. The van der Waals surface area contributed by atoms with Crippen molar-refractivity contribution >= 4 is 52.7 Å². The maximum Gasteiger partial charge on any atom is 0.336 e. The van der Waals surface area contributed by atoms with Crippen LogP contribution in [0, 0.1) is 5.92 Å². The fourth-order valence-corrected chi connectivity index (χ4v) is 6.85. The molecule has 2 aromatic carbocycles. The van der Waals surface area contributed by atoms with Gasteiger partial charge < -0.3 is 24.4 Å². The molecule has 48 heavy (non-hydrogen) atoms. The zero-order valence-electron chi connectivity index (χ0n) is 27.9. The normalized spacial score (nSPS) is 18.3. The standard InChI is InChI=1S/C35H42Cl2N4O7/c1-21(2)38-28(42)20-40-15-17-41(18-16-40)29(43)19-26-32(35(45)48-5)33(30-23(36)10-8-11-24(30)37)31(34(44)47-4)25(39-26)14-13-22-9-6-7-12-27(22)46-3/h6-12,21,31,33H,13-20H2,1-5H3,(H,38,42). The van der Waals surface area contributed by atoms with Crippen LogP contribution in [-0.2, 0) is 35.1 Å². The number of benzene rings is 2. The number of aliphatic imine (C=N–C) groups is 1. The lowest BCUT2D eigenvalue weighted by molar-refractivity contribution is -0.143. The maximum absolute atomic E-state index is 13.8. The van der Waals surface area contributed by atoms with Gasteiger partial charge in [0.1, 0.15) is 11.7 Å². The van der Waals surface area contributed by atoms with E-state index in [2.05, 4.69) is 5.32 Å². The molecule has 0 radical (unpaired) electrons. The Hall–Kier alpha value is -3.93. The number of aryl methyl sites for hydroxylation is 1. The van der Waals surface area contributed by atoms with Crippen molar-refractivity contribution in [2.24, 2.45) is 10.9 Å². The summed E-state index contributed by atoms with van der Waals surface area (Å²) in [6.45, 7) is 5.86. The number of carbonyl (C=O) groups is 4. The van der Waals surface area contributed by atoms with E-state index in [1.165, 1.54) is 14.2 Å². The van der Waals surface area contributed by atoms with E-state index < -0.39 is 23.8 Å². The van der Waals surface area contributed by atoms with Gasteiger partial charge in [-0.1, -0.05) is 47.5 Å². The van der Waals surface area contributed by atoms with E-state index in [4.69, 9.17) is 42.4 Å². The summed E-state index contributed by atoms with van der Waals surface area (Å²) in [5.41, 5.74) is 1.81. The molecule has 0 spiro atoms. The third kappa shape index (κ3) is 8.75. The number of hydrogen-bond donors (Lipinski definition) is 1. The molecule has 2 aliphatic rings. The zero-order valence-corrected chi connectivity index (χ0v) is 29.4. The first kappa shape index (κ1) is 36.9. The number of carbonyl (C=O) groups excluding carboxylic acids is 4. The second-order valence-electron chi connectivity index (χ2n) is 11.9. The Bertz CT molecular complexity index is 1560. The smallest absolute Gasteiger partial charge is 0.336 e. The van der Waals surface area contributed by atoms with Crippen molar-refractivity contribution in [3.05, 3.63) is 74.9 Å². The van der Waals surface area contributed by atoms with Gasteiger partial charge in [-0.05, 0) is 56.0 Å². The summed E-state index contributed by atoms with van der Waals surface area (Å²) in [4.78, 5) is 61.9. The molecule has 1 saturated heterocycles. The third-order valence-electron chi connectivity index (χ3n) is 8.47. The Morgan fingerprint density at radius 2 is 1.58 bits per heavy atom. The summed E-state index contributed by atoms with van der Waals surface area (Å²) >= 11 is 13.5. The molecule has 11 nitrogen and oxygen atoms in total. The minimum absolute atomic E-state index is 0.0151.